The first-order valence-electron chi connectivity index (χ1n) is 6.64. The SMILES string of the molecule is CCNC(Cc1cc(CC)nn1C)c1ccc(Cl)o1. The van der Waals surface area contributed by atoms with E-state index in [0.717, 1.165) is 30.8 Å². The second-order valence-corrected chi connectivity index (χ2v) is 4.93. The molecule has 1 atom stereocenters. The molecule has 0 saturated heterocycles. The number of aryl methyl sites for hydroxylation is 2. The quantitative estimate of drug-likeness (QED) is 0.885. The third-order valence-electron chi connectivity index (χ3n) is 3.19. The van der Waals surface area contributed by atoms with E-state index in [1.807, 2.05) is 17.8 Å². The lowest BCUT2D eigenvalue weighted by molar-refractivity contribution is 0.411. The van der Waals surface area contributed by atoms with Crippen LogP contribution in [0.15, 0.2) is 22.6 Å². The molecular formula is C14H20ClN3O. The maximum absolute atomic E-state index is 5.85. The van der Waals surface area contributed by atoms with E-state index in [0.29, 0.717) is 5.22 Å². The molecule has 0 amide bonds. The van der Waals surface area contributed by atoms with Crippen LogP contribution in [-0.2, 0) is 19.9 Å². The number of hydrogen-bond donors (Lipinski definition) is 1. The van der Waals surface area contributed by atoms with Crippen molar-refractivity contribution in [3.63, 3.8) is 0 Å². The Balaban J connectivity index is 2.18. The molecule has 0 bridgehead atoms. The van der Waals surface area contributed by atoms with Crippen molar-refractivity contribution in [3.8, 4) is 0 Å². The Morgan fingerprint density at radius 2 is 2.21 bits per heavy atom. The molecule has 0 aliphatic carbocycles. The monoisotopic (exact) mass is 281 g/mol. The Bertz CT molecular complexity index is 533. The van der Waals surface area contributed by atoms with Gasteiger partial charge < -0.3 is 9.73 Å². The van der Waals surface area contributed by atoms with Crippen LogP contribution >= 0.6 is 11.6 Å². The predicted molar refractivity (Wildman–Crippen MR) is 76.4 cm³/mol. The number of likely N-dealkylation sites (N-methyl/N-ethyl adjacent to an activating group) is 1. The van der Waals surface area contributed by atoms with E-state index < -0.39 is 0 Å². The van der Waals surface area contributed by atoms with Crippen molar-refractivity contribution in [2.75, 3.05) is 6.54 Å². The molecule has 1 N–H and O–H groups in total. The summed E-state index contributed by atoms with van der Waals surface area (Å²) in [5, 5.41) is 8.32. The summed E-state index contributed by atoms with van der Waals surface area (Å²) in [5.74, 6) is 0.867. The zero-order chi connectivity index (χ0) is 13.8. The van der Waals surface area contributed by atoms with Gasteiger partial charge >= 0.3 is 0 Å². The molecule has 4 nitrogen and oxygen atoms in total. The van der Waals surface area contributed by atoms with Crippen molar-refractivity contribution < 1.29 is 4.42 Å². The van der Waals surface area contributed by atoms with Crippen molar-refractivity contribution >= 4 is 11.6 Å². The lowest BCUT2D eigenvalue weighted by atomic mass is 10.1. The molecule has 5 heteroatoms. The Morgan fingerprint density at radius 1 is 1.42 bits per heavy atom. The van der Waals surface area contributed by atoms with Gasteiger partial charge in [-0.25, -0.2) is 0 Å². The van der Waals surface area contributed by atoms with Crippen LogP contribution in [0.4, 0.5) is 0 Å². The highest BCUT2D eigenvalue weighted by molar-refractivity contribution is 6.28. The highest BCUT2D eigenvalue weighted by atomic mass is 35.5. The maximum Gasteiger partial charge on any atom is 0.193 e. The third-order valence-corrected chi connectivity index (χ3v) is 3.39. The van der Waals surface area contributed by atoms with Gasteiger partial charge in [-0.05, 0) is 42.8 Å². The standard InChI is InChI=1S/C14H20ClN3O/c1-4-10-8-11(18(3)17-10)9-12(16-5-2)13-6-7-14(15)19-13/h6-8,12,16H,4-5,9H2,1-3H3. The van der Waals surface area contributed by atoms with E-state index >= 15 is 0 Å². The Morgan fingerprint density at radius 3 is 2.74 bits per heavy atom. The maximum atomic E-state index is 5.85. The number of nitrogens with zero attached hydrogens (tertiary/aromatic N) is 2. The van der Waals surface area contributed by atoms with Crippen LogP contribution in [0.25, 0.3) is 0 Å². The molecule has 104 valence electrons. The first-order chi connectivity index (χ1) is 9.13. The van der Waals surface area contributed by atoms with Crippen LogP contribution in [0.3, 0.4) is 0 Å². The average Bonchev–Trinajstić information content (AvgIpc) is 2.96. The van der Waals surface area contributed by atoms with Crippen LogP contribution in [0.2, 0.25) is 5.22 Å². The van der Waals surface area contributed by atoms with Gasteiger partial charge in [-0.3, -0.25) is 4.68 Å². The van der Waals surface area contributed by atoms with Gasteiger partial charge in [-0.1, -0.05) is 13.8 Å². The minimum atomic E-state index is 0.123. The number of hydrogen-bond acceptors (Lipinski definition) is 3. The summed E-state index contributed by atoms with van der Waals surface area (Å²) in [6, 6.07) is 5.97. The highest BCUT2D eigenvalue weighted by Crippen LogP contribution is 2.23. The Kier molecular flexibility index (Phi) is 4.66. The van der Waals surface area contributed by atoms with Crippen LogP contribution in [0.1, 0.15) is 37.0 Å². The molecule has 0 fully saturated rings. The van der Waals surface area contributed by atoms with Gasteiger partial charge in [-0.2, -0.15) is 5.10 Å². The second kappa shape index (κ2) is 6.26. The molecule has 2 rings (SSSR count). The zero-order valence-corrected chi connectivity index (χ0v) is 12.4. The van der Waals surface area contributed by atoms with Crippen molar-refractivity contribution in [1.29, 1.82) is 0 Å². The first-order valence-corrected chi connectivity index (χ1v) is 7.02. The molecule has 19 heavy (non-hydrogen) atoms. The molecule has 0 aromatic carbocycles. The zero-order valence-electron chi connectivity index (χ0n) is 11.6. The summed E-state index contributed by atoms with van der Waals surface area (Å²) >= 11 is 5.85. The fourth-order valence-electron chi connectivity index (χ4n) is 2.18. The summed E-state index contributed by atoms with van der Waals surface area (Å²) in [6.07, 6.45) is 1.79. The van der Waals surface area contributed by atoms with Gasteiger partial charge in [0.1, 0.15) is 5.76 Å². The predicted octanol–water partition coefficient (Wildman–Crippen LogP) is 3.12. The molecule has 2 aromatic heterocycles. The minimum absolute atomic E-state index is 0.123. The number of halogens is 1. The van der Waals surface area contributed by atoms with Crippen molar-refractivity contribution in [2.24, 2.45) is 7.05 Å². The van der Waals surface area contributed by atoms with Gasteiger partial charge in [0.15, 0.2) is 5.22 Å². The van der Waals surface area contributed by atoms with Gasteiger partial charge in [0.25, 0.3) is 0 Å². The number of furan rings is 1. The minimum Gasteiger partial charge on any atom is -0.448 e. The third kappa shape index (κ3) is 3.39. The van der Waals surface area contributed by atoms with Crippen molar-refractivity contribution in [3.05, 3.63) is 40.6 Å². The largest absolute Gasteiger partial charge is 0.448 e. The molecule has 1 unspecified atom stereocenters. The van der Waals surface area contributed by atoms with Crippen LogP contribution in [0, 0.1) is 0 Å². The number of nitrogens with one attached hydrogen (secondary N) is 1. The molecule has 2 aromatic rings. The molecule has 0 aliphatic heterocycles. The van der Waals surface area contributed by atoms with Crippen LogP contribution < -0.4 is 5.32 Å². The molecular weight excluding hydrogens is 262 g/mol. The summed E-state index contributed by atoms with van der Waals surface area (Å²) in [6.45, 7) is 5.07. The molecule has 0 radical (unpaired) electrons. The Labute approximate surface area is 118 Å². The molecule has 0 spiro atoms. The van der Waals surface area contributed by atoms with E-state index in [1.165, 1.54) is 5.69 Å². The van der Waals surface area contributed by atoms with Gasteiger partial charge in [0, 0.05) is 19.2 Å². The van der Waals surface area contributed by atoms with E-state index in [9.17, 15) is 0 Å². The first kappa shape index (κ1) is 14.2. The molecule has 0 saturated carbocycles. The molecule has 0 aliphatic rings. The lowest BCUT2D eigenvalue weighted by Gasteiger charge is -2.15. The smallest absolute Gasteiger partial charge is 0.193 e. The number of rotatable bonds is 6. The number of aromatic nitrogens is 2. The van der Waals surface area contributed by atoms with Gasteiger partial charge in [0.2, 0.25) is 0 Å². The van der Waals surface area contributed by atoms with Gasteiger partial charge in [0.05, 0.1) is 11.7 Å². The fourth-order valence-corrected chi connectivity index (χ4v) is 2.33. The van der Waals surface area contributed by atoms with E-state index in [2.05, 4.69) is 30.3 Å². The van der Waals surface area contributed by atoms with E-state index in [4.69, 9.17) is 16.0 Å². The van der Waals surface area contributed by atoms with Gasteiger partial charge in [-0.15, -0.1) is 0 Å². The Hall–Kier alpha value is -1.26. The fraction of sp³-hybridized carbons (Fsp3) is 0.500. The van der Waals surface area contributed by atoms with E-state index in [-0.39, 0.29) is 6.04 Å². The normalized spacial score (nSPS) is 12.8. The molecule has 2 heterocycles. The summed E-state index contributed by atoms with van der Waals surface area (Å²) in [7, 11) is 1.98. The highest BCUT2D eigenvalue weighted by Gasteiger charge is 2.17. The topological polar surface area (TPSA) is 43.0 Å². The second-order valence-electron chi connectivity index (χ2n) is 4.56. The summed E-state index contributed by atoms with van der Waals surface area (Å²) in [4.78, 5) is 0. The van der Waals surface area contributed by atoms with Crippen LogP contribution in [0.5, 0.6) is 0 Å². The lowest BCUT2D eigenvalue weighted by Crippen LogP contribution is -2.23. The average molecular weight is 282 g/mol. The van der Waals surface area contributed by atoms with Crippen molar-refractivity contribution in [1.82, 2.24) is 15.1 Å². The van der Waals surface area contributed by atoms with E-state index in [1.54, 1.807) is 6.07 Å². The van der Waals surface area contributed by atoms with Crippen LogP contribution in [-0.4, -0.2) is 16.3 Å². The van der Waals surface area contributed by atoms with Crippen molar-refractivity contribution in [2.45, 2.75) is 32.7 Å². The summed E-state index contributed by atoms with van der Waals surface area (Å²) in [5.41, 5.74) is 2.31. The summed E-state index contributed by atoms with van der Waals surface area (Å²) < 4.78 is 7.45.